The molecule has 1 aliphatic heterocycles. The molecule has 1 amide bonds. The van der Waals surface area contributed by atoms with E-state index >= 15 is 0 Å². The van der Waals surface area contributed by atoms with E-state index in [0.717, 1.165) is 41.3 Å². The molecule has 0 aromatic carbocycles. The van der Waals surface area contributed by atoms with Crippen LogP contribution >= 0.6 is 0 Å². The van der Waals surface area contributed by atoms with E-state index in [-0.39, 0.29) is 11.9 Å². The Morgan fingerprint density at radius 2 is 2.00 bits per heavy atom. The summed E-state index contributed by atoms with van der Waals surface area (Å²) in [6, 6.07) is 5.60. The summed E-state index contributed by atoms with van der Waals surface area (Å²) < 4.78 is 30.6. The number of pyridine rings is 1. The zero-order chi connectivity index (χ0) is 23.8. The first kappa shape index (κ1) is 21.2. The van der Waals surface area contributed by atoms with Crippen LogP contribution in [0.3, 0.4) is 0 Å². The Bertz CT molecular complexity index is 1280. The van der Waals surface area contributed by atoms with Crippen molar-refractivity contribution in [3.05, 3.63) is 58.6 Å². The van der Waals surface area contributed by atoms with Crippen LogP contribution in [-0.4, -0.2) is 49.2 Å². The van der Waals surface area contributed by atoms with Gasteiger partial charge in [0.1, 0.15) is 11.5 Å². The van der Waals surface area contributed by atoms with Crippen molar-refractivity contribution in [1.29, 1.82) is 0 Å². The first-order chi connectivity index (χ1) is 16.2. The molecule has 2 unspecified atom stereocenters. The fraction of sp³-hybridized carbons (Fsp3) is 0.500. The van der Waals surface area contributed by atoms with Crippen LogP contribution in [0.1, 0.15) is 51.3 Å². The minimum atomic E-state index is -2.49. The number of hydrogen-bond donors (Lipinski definition) is 1. The number of rotatable bonds is 5. The number of halogens is 2. The second kappa shape index (κ2) is 7.35. The summed E-state index contributed by atoms with van der Waals surface area (Å²) in [6.07, 6.45) is 4.07. The number of amides is 1. The van der Waals surface area contributed by atoms with E-state index in [4.69, 9.17) is 0 Å². The molecule has 0 spiro atoms. The molecule has 6 rings (SSSR count). The highest BCUT2D eigenvalue weighted by molar-refractivity contribution is 5.93. The van der Waals surface area contributed by atoms with Crippen LogP contribution in [0.15, 0.2) is 24.5 Å². The third-order valence-corrected chi connectivity index (χ3v) is 7.64. The molecule has 34 heavy (non-hydrogen) atoms. The first-order valence-electron chi connectivity index (χ1n) is 11.7. The Morgan fingerprint density at radius 1 is 1.24 bits per heavy atom. The third-order valence-electron chi connectivity index (χ3n) is 7.64. The van der Waals surface area contributed by atoms with Gasteiger partial charge in [0, 0.05) is 45.0 Å². The second-order valence-electron chi connectivity index (χ2n) is 9.78. The number of carbonyl (C=O) groups is 1. The quantitative estimate of drug-likeness (QED) is 0.624. The largest absolute Gasteiger partial charge is 0.356 e. The van der Waals surface area contributed by atoms with Gasteiger partial charge in [0.05, 0.1) is 35.6 Å². The summed E-state index contributed by atoms with van der Waals surface area (Å²) in [4.78, 5) is 24.0. The van der Waals surface area contributed by atoms with Crippen molar-refractivity contribution in [3.63, 3.8) is 0 Å². The van der Waals surface area contributed by atoms with E-state index in [0.29, 0.717) is 25.2 Å². The predicted molar refractivity (Wildman–Crippen MR) is 121 cm³/mol. The van der Waals surface area contributed by atoms with Crippen LogP contribution in [0, 0.1) is 18.8 Å². The Balaban J connectivity index is 1.13. The third kappa shape index (κ3) is 3.30. The maximum Gasteiger partial charge on any atom is 0.270 e. The number of imidazole rings is 1. The molecule has 3 atom stereocenters. The summed E-state index contributed by atoms with van der Waals surface area (Å²) in [7, 11) is 3.74. The normalized spacial score (nSPS) is 24.3. The Labute approximate surface area is 196 Å². The highest BCUT2D eigenvalue weighted by atomic mass is 19.3. The topological polar surface area (TPSA) is 80.9 Å². The van der Waals surface area contributed by atoms with Gasteiger partial charge in [-0.25, -0.2) is 18.7 Å². The van der Waals surface area contributed by atoms with Crippen molar-refractivity contribution in [3.8, 4) is 0 Å². The maximum absolute atomic E-state index is 13.5. The number of piperidine rings is 1. The molecule has 1 N–H and O–H groups in total. The number of nitrogens with zero attached hydrogens (tertiary/aromatic N) is 6. The molecule has 3 aromatic rings. The van der Waals surface area contributed by atoms with Gasteiger partial charge in [-0.3, -0.25) is 9.48 Å². The van der Waals surface area contributed by atoms with Gasteiger partial charge in [0.25, 0.3) is 11.8 Å². The molecule has 0 bridgehead atoms. The molecule has 2 aliphatic carbocycles. The average Bonchev–Trinajstić information content (AvgIpc) is 3.39. The summed E-state index contributed by atoms with van der Waals surface area (Å²) in [5, 5.41) is 7.64. The molecule has 178 valence electrons. The van der Waals surface area contributed by atoms with Gasteiger partial charge < -0.3 is 14.8 Å². The monoisotopic (exact) mass is 467 g/mol. The molecule has 3 aliphatic rings. The minimum absolute atomic E-state index is 0.0855. The molecule has 2 fully saturated rings. The first-order valence-corrected chi connectivity index (χ1v) is 11.7. The van der Waals surface area contributed by atoms with E-state index in [1.165, 1.54) is 5.69 Å². The highest BCUT2D eigenvalue weighted by Crippen LogP contribution is 2.59. The fourth-order valence-corrected chi connectivity index (χ4v) is 5.51. The fourth-order valence-electron chi connectivity index (χ4n) is 5.51. The van der Waals surface area contributed by atoms with Crippen LogP contribution in [0.2, 0.25) is 0 Å². The number of nitrogens with one attached hydrogen (secondary N) is 1. The zero-order valence-corrected chi connectivity index (χ0v) is 19.4. The number of aromatic nitrogens is 5. The molecular formula is C24H27F2N7O. The SMILES string of the molecule is Cc1nc(N2CC3C(C2)C3(F)F)ccc1Cc1cc(C(=O)N[C@@H]2CCc3c2ncn3C)n(C)n1. The summed E-state index contributed by atoms with van der Waals surface area (Å²) in [5.74, 6) is -2.97. The summed E-state index contributed by atoms with van der Waals surface area (Å²) in [5.41, 5.74) is 5.23. The average molecular weight is 468 g/mol. The van der Waals surface area contributed by atoms with Crippen molar-refractivity contribution in [2.24, 2.45) is 25.9 Å². The van der Waals surface area contributed by atoms with E-state index in [1.807, 2.05) is 41.6 Å². The van der Waals surface area contributed by atoms with Gasteiger partial charge in [-0.05, 0) is 37.5 Å². The smallest absolute Gasteiger partial charge is 0.270 e. The van der Waals surface area contributed by atoms with E-state index in [9.17, 15) is 13.6 Å². The highest BCUT2D eigenvalue weighted by Gasteiger charge is 2.71. The number of anilines is 1. The number of alkyl halides is 2. The molecule has 1 saturated heterocycles. The van der Waals surface area contributed by atoms with Crippen molar-refractivity contribution in [2.45, 2.75) is 38.2 Å². The Morgan fingerprint density at radius 3 is 2.74 bits per heavy atom. The molecule has 4 heterocycles. The lowest BCUT2D eigenvalue weighted by Crippen LogP contribution is -2.29. The summed E-state index contributed by atoms with van der Waals surface area (Å²) >= 11 is 0. The van der Waals surface area contributed by atoms with Crippen LogP contribution < -0.4 is 10.2 Å². The number of hydrogen-bond acceptors (Lipinski definition) is 5. The standard InChI is InChI=1S/C24H27F2N7O/c1-13-14(4-7-21(28-13)33-10-16-17(11-33)24(16,25)26)8-15-9-20(32(3)30-15)23(34)29-18-5-6-19-22(18)27-12-31(19)2/h4,7,9,12,16-18H,5-6,8,10-11H2,1-3H3,(H,29,34)/t16?,17?,18-/m1/s1. The molecule has 0 radical (unpaired) electrons. The predicted octanol–water partition coefficient (Wildman–Crippen LogP) is 2.57. The van der Waals surface area contributed by atoms with Crippen LogP contribution in [-0.2, 0) is 26.9 Å². The van der Waals surface area contributed by atoms with Crippen LogP contribution in [0.5, 0.6) is 0 Å². The molecular weight excluding hydrogens is 440 g/mol. The lowest BCUT2D eigenvalue weighted by molar-refractivity contribution is 0.0796. The van der Waals surface area contributed by atoms with Crippen LogP contribution in [0.4, 0.5) is 14.6 Å². The lowest BCUT2D eigenvalue weighted by Gasteiger charge is -2.21. The molecule has 8 nitrogen and oxygen atoms in total. The second-order valence-corrected chi connectivity index (χ2v) is 9.78. The van der Waals surface area contributed by atoms with Crippen molar-refractivity contribution >= 4 is 11.7 Å². The van der Waals surface area contributed by atoms with Crippen molar-refractivity contribution in [2.75, 3.05) is 18.0 Å². The number of carbonyl (C=O) groups excluding carboxylic acids is 1. The van der Waals surface area contributed by atoms with Gasteiger partial charge in [-0.2, -0.15) is 5.10 Å². The van der Waals surface area contributed by atoms with Gasteiger partial charge in [-0.15, -0.1) is 0 Å². The van der Waals surface area contributed by atoms with Gasteiger partial charge >= 0.3 is 0 Å². The molecule has 3 aromatic heterocycles. The minimum Gasteiger partial charge on any atom is -0.356 e. The van der Waals surface area contributed by atoms with E-state index in [2.05, 4.69) is 20.4 Å². The van der Waals surface area contributed by atoms with Gasteiger partial charge in [-0.1, -0.05) is 6.07 Å². The summed E-state index contributed by atoms with van der Waals surface area (Å²) in [6.45, 7) is 2.65. The lowest BCUT2D eigenvalue weighted by atomic mass is 10.1. The number of aryl methyl sites for hydroxylation is 3. The van der Waals surface area contributed by atoms with Gasteiger partial charge in [0.2, 0.25) is 0 Å². The van der Waals surface area contributed by atoms with E-state index in [1.54, 1.807) is 18.1 Å². The Hall–Kier alpha value is -3.30. The van der Waals surface area contributed by atoms with Gasteiger partial charge in [0.15, 0.2) is 0 Å². The van der Waals surface area contributed by atoms with Crippen molar-refractivity contribution < 1.29 is 13.6 Å². The maximum atomic E-state index is 13.5. The van der Waals surface area contributed by atoms with Crippen LogP contribution in [0.25, 0.3) is 0 Å². The zero-order valence-electron chi connectivity index (χ0n) is 19.4. The number of fused-ring (bicyclic) bond motifs is 2. The van der Waals surface area contributed by atoms with Crippen molar-refractivity contribution in [1.82, 2.24) is 29.6 Å². The molecule has 10 heteroatoms. The molecule has 1 saturated carbocycles. The van der Waals surface area contributed by atoms with E-state index < -0.39 is 17.8 Å². The Kier molecular flexibility index (Phi) is 4.59.